The van der Waals surface area contributed by atoms with Crippen molar-refractivity contribution in [1.29, 1.82) is 0 Å². The zero-order valence-corrected chi connectivity index (χ0v) is 10.4. The number of carboxylic acids is 1. The first-order chi connectivity index (χ1) is 8.45. The SMILES string of the molecule is CC(C)CC(CO)Nc1nccc(C(=O)O)c1F. The number of halogens is 1. The van der Waals surface area contributed by atoms with Gasteiger partial charge in [0.1, 0.15) is 5.56 Å². The summed E-state index contributed by atoms with van der Waals surface area (Å²) in [6.07, 6.45) is 1.85. The number of aromatic carboxylic acids is 1. The Morgan fingerprint density at radius 2 is 2.22 bits per heavy atom. The van der Waals surface area contributed by atoms with Crippen LogP contribution in [0.25, 0.3) is 0 Å². The molecule has 1 aromatic rings. The van der Waals surface area contributed by atoms with Crippen molar-refractivity contribution in [3.05, 3.63) is 23.6 Å². The predicted molar refractivity (Wildman–Crippen MR) is 65.1 cm³/mol. The Labute approximate surface area is 105 Å². The fraction of sp³-hybridized carbons (Fsp3) is 0.500. The highest BCUT2D eigenvalue weighted by Gasteiger charge is 2.18. The van der Waals surface area contributed by atoms with Crippen LogP contribution in [0.3, 0.4) is 0 Å². The van der Waals surface area contributed by atoms with Crippen molar-refractivity contribution in [3.8, 4) is 0 Å². The molecular weight excluding hydrogens is 239 g/mol. The van der Waals surface area contributed by atoms with Crippen LogP contribution in [0.5, 0.6) is 0 Å². The molecule has 0 aliphatic carbocycles. The summed E-state index contributed by atoms with van der Waals surface area (Å²) in [5.41, 5.74) is -0.436. The van der Waals surface area contributed by atoms with Gasteiger partial charge in [-0.2, -0.15) is 0 Å². The molecule has 1 aromatic heterocycles. The molecule has 1 atom stereocenters. The summed E-state index contributed by atoms with van der Waals surface area (Å²) in [7, 11) is 0. The van der Waals surface area contributed by atoms with Crippen LogP contribution in [0.4, 0.5) is 10.2 Å². The van der Waals surface area contributed by atoms with Gasteiger partial charge in [0.2, 0.25) is 0 Å². The molecule has 0 amide bonds. The molecule has 0 fully saturated rings. The zero-order valence-electron chi connectivity index (χ0n) is 10.4. The molecule has 0 bridgehead atoms. The number of nitrogens with zero attached hydrogens (tertiary/aromatic N) is 1. The molecular formula is C12H17FN2O3. The van der Waals surface area contributed by atoms with E-state index in [-0.39, 0.29) is 18.5 Å². The first-order valence-electron chi connectivity index (χ1n) is 5.70. The monoisotopic (exact) mass is 256 g/mol. The van der Waals surface area contributed by atoms with Crippen LogP contribution in [0.15, 0.2) is 12.3 Å². The number of carboxylic acid groups (broad SMARTS) is 1. The summed E-state index contributed by atoms with van der Waals surface area (Å²) >= 11 is 0. The van der Waals surface area contributed by atoms with Gasteiger partial charge in [0.15, 0.2) is 11.6 Å². The van der Waals surface area contributed by atoms with E-state index in [1.165, 1.54) is 6.20 Å². The van der Waals surface area contributed by atoms with Crippen molar-refractivity contribution >= 4 is 11.8 Å². The van der Waals surface area contributed by atoms with Crippen LogP contribution in [0.2, 0.25) is 0 Å². The fourth-order valence-corrected chi connectivity index (χ4v) is 1.65. The van der Waals surface area contributed by atoms with Crippen molar-refractivity contribution in [3.63, 3.8) is 0 Å². The van der Waals surface area contributed by atoms with Gasteiger partial charge in [-0.3, -0.25) is 0 Å². The molecule has 0 spiro atoms. The maximum Gasteiger partial charge on any atom is 0.338 e. The van der Waals surface area contributed by atoms with E-state index in [0.29, 0.717) is 12.3 Å². The lowest BCUT2D eigenvalue weighted by Gasteiger charge is -2.19. The van der Waals surface area contributed by atoms with E-state index in [0.717, 1.165) is 6.07 Å². The number of rotatable bonds is 6. The molecule has 18 heavy (non-hydrogen) atoms. The van der Waals surface area contributed by atoms with E-state index in [1.54, 1.807) is 0 Å². The van der Waals surface area contributed by atoms with Gasteiger partial charge in [0.25, 0.3) is 0 Å². The van der Waals surface area contributed by atoms with Crippen LogP contribution in [0, 0.1) is 11.7 Å². The zero-order chi connectivity index (χ0) is 13.7. The van der Waals surface area contributed by atoms with Crippen LogP contribution < -0.4 is 5.32 Å². The molecule has 0 aliphatic rings. The number of carbonyl (C=O) groups is 1. The van der Waals surface area contributed by atoms with Gasteiger partial charge >= 0.3 is 5.97 Å². The van der Waals surface area contributed by atoms with Gasteiger partial charge in [0, 0.05) is 6.20 Å². The molecule has 0 radical (unpaired) electrons. The molecule has 5 nitrogen and oxygen atoms in total. The van der Waals surface area contributed by atoms with Crippen molar-refractivity contribution in [2.75, 3.05) is 11.9 Å². The summed E-state index contributed by atoms with van der Waals surface area (Å²) in [5.74, 6) is -2.08. The summed E-state index contributed by atoms with van der Waals surface area (Å²) < 4.78 is 13.8. The van der Waals surface area contributed by atoms with Gasteiger partial charge in [-0.25, -0.2) is 14.2 Å². The van der Waals surface area contributed by atoms with E-state index in [9.17, 15) is 14.3 Å². The number of hydrogen-bond donors (Lipinski definition) is 3. The quantitative estimate of drug-likeness (QED) is 0.722. The minimum absolute atomic E-state index is 0.144. The van der Waals surface area contributed by atoms with Crippen molar-refractivity contribution in [2.45, 2.75) is 26.3 Å². The number of pyridine rings is 1. The van der Waals surface area contributed by atoms with E-state index in [1.807, 2.05) is 13.8 Å². The number of aliphatic hydroxyl groups excluding tert-OH is 1. The smallest absolute Gasteiger partial charge is 0.338 e. The first-order valence-corrected chi connectivity index (χ1v) is 5.70. The Hall–Kier alpha value is -1.69. The van der Waals surface area contributed by atoms with Crippen LogP contribution in [-0.4, -0.2) is 33.8 Å². The van der Waals surface area contributed by atoms with Crippen molar-refractivity contribution in [1.82, 2.24) is 4.98 Å². The molecule has 0 aliphatic heterocycles. The fourth-order valence-electron chi connectivity index (χ4n) is 1.65. The maximum atomic E-state index is 13.8. The number of nitrogens with one attached hydrogen (secondary N) is 1. The third kappa shape index (κ3) is 3.66. The van der Waals surface area contributed by atoms with Crippen LogP contribution in [-0.2, 0) is 0 Å². The Balaban J connectivity index is 2.89. The molecule has 3 N–H and O–H groups in total. The van der Waals surface area contributed by atoms with E-state index in [2.05, 4.69) is 10.3 Å². The Bertz CT molecular complexity index is 424. The molecule has 0 saturated carbocycles. The van der Waals surface area contributed by atoms with Gasteiger partial charge < -0.3 is 15.5 Å². The minimum atomic E-state index is -1.35. The number of anilines is 1. The lowest BCUT2D eigenvalue weighted by Crippen LogP contribution is -2.27. The Morgan fingerprint density at radius 3 is 2.72 bits per heavy atom. The molecule has 6 heteroatoms. The number of aromatic nitrogens is 1. The maximum absolute atomic E-state index is 13.8. The molecule has 1 unspecified atom stereocenters. The lowest BCUT2D eigenvalue weighted by atomic mass is 10.0. The topological polar surface area (TPSA) is 82.5 Å². The normalized spacial score (nSPS) is 12.5. The third-order valence-corrected chi connectivity index (χ3v) is 2.44. The average Bonchev–Trinajstić information content (AvgIpc) is 2.29. The summed E-state index contributed by atoms with van der Waals surface area (Å²) in [6, 6.07) is 0.746. The molecule has 0 saturated heterocycles. The number of aliphatic hydroxyl groups is 1. The van der Waals surface area contributed by atoms with Crippen molar-refractivity contribution < 1.29 is 19.4 Å². The highest BCUT2D eigenvalue weighted by Crippen LogP contribution is 2.17. The molecule has 0 aromatic carbocycles. The highest BCUT2D eigenvalue weighted by molar-refractivity contribution is 5.88. The van der Waals surface area contributed by atoms with Crippen molar-refractivity contribution in [2.24, 2.45) is 5.92 Å². The summed E-state index contributed by atoms with van der Waals surface area (Å²) in [4.78, 5) is 14.5. The summed E-state index contributed by atoms with van der Waals surface area (Å²) in [6.45, 7) is 3.78. The summed E-state index contributed by atoms with van der Waals surface area (Å²) in [5, 5.41) is 20.7. The second-order valence-electron chi connectivity index (χ2n) is 4.48. The second-order valence-corrected chi connectivity index (χ2v) is 4.48. The molecule has 1 rings (SSSR count). The lowest BCUT2D eigenvalue weighted by molar-refractivity contribution is 0.0692. The second kappa shape index (κ2) is 6.30. The third-order valence-electron chi connectivity index (χ3n) is 2.44. The van der Waals surface area contributed by atoms with E-state index >= 15 is 0 Å². The standard InChI is InChI=1S/C12H17FN2O3/c1-7(2)5-8(6-16)15-11-10(13)9(12(17)18)3-4-14-11/h3-4,7-8,16H,5-6H2,1-2H3,(H,14,15)(H,17,18). The average molecular weight is 256 g/mol. The van der Waals surface area contributed by atoms with E-state index in [4.69, 9.17) is 5.11 Å². The van der Waals surface area contributed by atoms with Gasteiger partial charge in [0.05, 0.1) is 12.6 Å². The molecule has 100 valence electrons. The van der Waals surface area contributed by atoms with Crippen LogP contribution in [0.1, 0.15) is 30.6 Å². The Kier molecular flexibility index (Phi) is 5.03. The highest BCUT2D eigenvalue weighted by atomic mass is 19.1. The predicted octanol–water partition coefficient (Wildman–Crippen LogP) is 1.74. The molecule has 1 heterocycles. The van der Waals surface area contributed by atoms with Gasteiger partial charge in [-0.05, 0) is 18.4 Å². The Morgan fingerprint density at radius 1 is 1.56 bits per heavy atom. The largest absolute Gasteiger partial charge is 0.478 e. The van der Waals surface area contributed by atoms with Gasteiger partial charge in [-0.1, -0.05) is 13.8 Å². The van der Waals surface area contributed by atoms with Gasteiger partial charge in [-0.15, -0.1) is 0 Å². The first kappa shape index (κ1) is 14.4. The number of hydrogen-bond acceptors (Lipinski definition) is 4. The minimum Gasteiger partial charge on any atom is -0.478 e. The van der Waals surface area contributed by atoms with Crippen LogP contribution >= 0.6 is 0 Å². The van der Waals surface area contributed by atoms with E-state index < -0.39 is 17.3 Å².